The molecule has 5 heteroatoms. The number of nitrogens with one attached hydrogen (secondary N) is 1. The lowest BCUT2D eigenvalue weighted by Crippen LogP contribution is -2.47. The van der Waals surface area contributed by atoms with Crippen molar-refractivity contribution in [3.63, 3.8) is 0 Å². The number of nitrogens with zero attached hydrogens (tertiary/aromatic N) is 2. The lowest BCUT2D eigenvalue weighted by molar-refractivity contribution is 0.0697. The van der Waals surface area contributed by atoms with Crippen molar-refractivity contribution in [1.82, 2.24) is 14.8 Å². The molecule has 0 radical (unpaired) electrons. The predicted molar refractivity (Wildman–Crippen MR) is 73.1 cm³/mol. The Kier molecular flexibility index (Phi) is 4.30. The van der Waals surface area contributed by atoms with Crippen LogP contribution in [0.3, 0.4) is 0 Å². The number of likely N-dealkylation sites (N-methyl/N-ethyl adjacent to an activating group) is 1. The van der Waals surface area contributed by atoms with Crippen LogP contribution in [0.5, 0.6) is 0 Å². The molecule has 1 aliphatic rings. The lowest BCUT2D eigenvalue weighted by Gasteiger charge is -2.31. The highest BCUT2D eigenvalue weighted by Gasteiger charge is 2.24. The smallest absolute Gasteiger partial charge is 0.270 e. The Hall–Kier alpha value is -1.00. The Morgan fingerprint density at radius 3 is 3.06 bits per heavy atom. The van der Waals surface area contributed by atoms with E-state index in [-0.39, 0.29) is 11.9 Å². The summed E-state index contributed by atoms with van der Waals surface area (Å²) in [5.41, 5.74) is 0.676. The highest BCUT2D eigenvalue weighted by Crippen LogP contribution is 2.18. The summed E-state index contributed by atoms with van der Waals surface area (Å²) in [7, 11) is 1.88. The van der Waals surface area contributed by atoms with Crippen LogP contribution < -0.4 is 5.32 Å². The van der Waals surface area contributed by atoms with Crippen LogP contribution in [0.2, 0.25) is 5.02 Å². The summed E-state index contributed by atoms with van der Waals surface area (Å²) in [5.74, 6) is 0.0532. The van der Waals surface area contributed by atoms with E-state index in [0.717, 1.165) is 32.5 Å². The number of carbonyl (C=O) groups is 1. The molecular weight excluding hydrogens is 250 g/mol. The van der Waals surface area contributed by atoms with Gasteiger partial charge in [-0.25, -0.2) is 0 Å². The van der Waals surface area contributed by atoms with E-state index in [2.05, 4.69) is 5.32 Å². The number of hydrogen-bond donors (Lipinski definition) is 1. The SMILES string of the molecule is CCn1cc(Cl)cc1C(=O)N(C)C1CCCNC1. The van der Waals surface area contributed by atoms with Crippen molar-refractivity contribution in [2.75, 3.05) is 20.1 Å². The van der Waals surface area contributed by atoms with Crippen molar-refractivity contribution in [2.24, 2.45) is 0 Å². The highest BCUT2D eigenvalue weighted by molar-refractivity contribution is 6.31. The molecule has 2 rings (SSSR count). The zero-order valence-electron chi connectivity index (χ0n) is 10.9. The van der Waals surface area contributed by atoms with Gasteiger partial charge >= 0.3 is 0 Å². The summed E-state index contributed by atoms with van der Waals surface area (Å²) < 4.78 is 1.90. The zero-order chi connectivity index (χ0) is 13.1. The summed E-state index contributed by atoms with van der Waals surface area (Å²) in [6.45, 7) is 4.69. The third-order valence-electron chi connectivity index (χ3n) is 3.56. The molecule has 1 aromatic rings. The first-order chi connectivity index (χ1) is 8.63. The number of hydrogen-bond acceptors (Lipinski definition) is 2. The molecule has 1 fully saturated rings. The molecule has 1 unspecified atom stereocenters. The van der Waals surface area contributed by atoms with Gasteiger partial charge < -0.3 is 14.8 Å². The fourth-order valence-corrected chi connectivity index (χ4v) is 2.65. The number of amides is 1. The molecule has 0 aromatic carbocycles. The number of aromatic nitrogens is 1. The monoisotopic (exact) mass is 269 g/mol. The third-order valence-corrected chi connectivity index (χ3v) is 3.77. The summed E-state index contributed by atoms with van der Waals surface area (Å²) in [6.07, 6.45) is 4.00. The van der Waals surface area contributed by atoms with Gasteiger partial charge in [-0.3, -0.25) is 4.79 Å². The first-order valence-corrected chi connectivity index (χ1v) is 6.84. The second-order valence-corrected chi connectivity index (χ2v) is 5.18. The van der Waals surface area contributed by atoms with Crippen molar-refractivity contribution >= 4 is 17.5 Å². The Morgan fingerprint density at radius 1 is 1.67 bits per heavy atom. The highest BCUT2D eigenvalue weighted by atomic mass is 35.5. The van der Waals surface area contributed by atoms with Gasteiger partial charge in [0.2, 0.25) is 0 Å². The second-order valence-electron chi connectivity index (χ2n) is 4.75. The van der Waals surface area contributed by atoms with Crippen molar-refractivity contribution in [2.45, 2.75) is 32.4 Å². The van der Waals surface area contributed by atoms with Crippen LogP contribution in [0.15, 0.2) is 12.3 Å². The molecule has 1 saturated heterocycles. The average Bonchev–Trinajstić information content (AvgIpc) is 2.79. The maximum absolute atomic E-state index is 12.5. The van der Waals surface area contributed by atoms with Crippen molar-refractivity contribution < 1.29 is 4.79 Å². The van der Waals surface area contributed by atoms with Crippen molar-refractivity contribution in [3.05, 3.63) is 23.0 Å². The number of carbonyl (C=O) groups excluding carboxylic acids is 1. The average molecular weight is 270 g/mol. The van der Waals surface area contributed by atoms with Gasteiger partial charge in [0.1, 0.15) is 5.69 Å². The van der Waals surface area contributed by atoms with Crippen LogP contribution in [0.4, 0.5) is 0 Å². The summed E-state index contributed by atoms with van der Waals surface area (Å²) >= 11 is 5.97. The first kappa shape index (κ1) is 13.4. The van der Waals surface area contributed by atoms with E-state index in [1.165, 1.54) is 0 Å². The zero-order valence-corrected chi connectivity index (χ0v) is 11.7. The van der Waals surface area contributed by atoms with Gasteiger partial charge in [-0.15, -0.1) is 0 Å². The van der Waals surface area contributed by atoms with Crippen LogP contribution >= 0.6 is 11.6 Å². The van der Waals surface area contributed by atoms with Crippen LogP contribution in [-0.4, -0.2) is 41.6 Å². The summed E-state index contributed by atoms with van der Waals surface area (Å²) in [6, 6.07) is 2.03. The Bertz CT molecular complexity index is 424. The number of rotatable bonds is 3. The molecule has 100 valence electrons. The van der Waals surface area contributed by atoms with E-state index in [9.17, 15) is 4.79 Å². The quantitative estimate of drug-likeness (QED) is 0.911. The van der Waals surface area contributed by atoms with E-state index in [1.807, 2.05) is 29.6 Å². The molecule has 1 aromatic heterocycles. The molecule has 1 amide bonds. The fourth-order valence-electron chi connectivity index (χ4n) is 2.43. The number of aryl methyl sites for hydroxylation is 1. The van der Waals surface area contributed by atoms with Crippen molar-refractivity contribution in [3.8, 4) is 0 Å². The Balaban J connectivity index is 2.13. The topological polar surface area (TPSA) is 37.3 Å². The molecular formula is C13H20ClN3O. The van der Waals surface area contributed by atoms with E-state index in [4.69, 9.17) is 11.6 Å². The van der Waals surface area contributed by atoms with Gasteiger partial charge in [-0.2, -0.15) is 0 Å². The maximum Gasteiger partial charge on any atom is 0.270 e. The Labute approximate surface area is 113 Å². The molecule has 18 heavy (non-hydrogen) atoms. The molecule has 0 spiro atoms. The van der Waals surface area contributed by atoms with E-state index >= 15 is 0 Å². The van der Waals surface area contributed by atoms with Crippen LogP contribution in [-0.2, 0) is 6.54 Å². The van der Waals surface area contributed by atoms with Crippen LogP contribution in [0.1, 0.15) is 30.3 Å². The lowest BCUT2D eigenvalue weighted by atomic mass is 10.1. The first-order valence-electron chi connectivity index (χ1n) is 6.47. The molecule has 0 bridgehead atoms. The minimum atomic E-state index is 0.0532. The molecule has 1 aliphatic heterocycles. The minimum absolute atomic E-state index is 0.0532. The molecule has 1 N–H and O–H groups in total. The normalized spacial score (nSPS) is 19.8. The van der Waals surface area contributed by atoms with Gasteiger partial charge in [0.25, 0.3) is 5.91 Å². The summed E-state index contributed by atoms with van der Waals surface area (Å²) in [5, 5.41) is 3.95. The van der Waals surface area contributed by atoms with E-state index in [0.29, 0.717) is 10.7 Å². The van der Waals surface area contributed by atoms with Crippen LogP contribution in [0, 0.1) is 0 Å². The summed E-state index contributed by atoms with van der Waals surface area (Å²) in [4.78, 5) is 14.3. The second kappa shape index (κ2) is 5.76. The largest absolute Gasteiger partial charge is 0.342 e. The minimum Gasteiger partial charge on any atom is -0.342 e. The molecule has 0 aliphatic carbocycles. The van der Waals surface area contributed by atoms with Gasteiger partial charge in [0.05, 0.1) is 5.02 Å². The van der Waals surface area contributed by atoms with E-state index < -0.39 is 0 Å². The predicted octanol–water partition coefficient (Wildman–Crippen LogP) is 1.99. The van der Waals surface area contributed by atoms with Gasteiger partial charge in [0.15, 0.2) is 0 Å². The van der Waals surface area contributed by atoms with Gasteiger partial charge in [0, 0.05) is 32.4 Å². The van der Waals surface area contributed by atoms with Gasteiger partial charge in [-0.05, 0) is 32.4 Å². The third kappa shape index (κ3) is 2.70. The molecule has 0 saturated carbocycles. The standard InChI is InChI=1S/C13H20ClN3O/c1-3-17-9-10(14)7-12(17)13(18)16(2)11-5-4-6-15-8-11/h7,9,11,15H,3-6,8H2,1-2H3. The number of piperidine rings is 1. The Morgan fingerprint density at radius 2 is 2.44 bits per heavy atom. The van der Waals surface area contributed by atoms with Crippen LogP contribution in [0.25, 0.3) is 0 Å². The fraction of sp³-hybridized carbons (Fsp3) is 0.615. The maximum atomic E-state index is 12.5. The van der Waals surface area contributed by atoms with Gasteiger partial charge in [-0.1, -0.05) is 11.6 Å². The molecule has 4 nitrogen and oxygen atoms in total. The van der Waals surface area contributed by atoms with E-state index in [1.54, 1.807) is 6.07 Å². The number of halogens is 1. The molecule has 1 atom stereocenters. The van der Waals surface area contributed by atoms with Crippen molar-refractivity contribution in [1.29, 1.82) is 0 Å². The molecule has 2 heterocycles.